The van der Waals surface area contributed by atoms with Crippen molar-refractivity contribution < 1.29 is 27.8 Å². The zero-order chi connectivity index (χ0) is 18.1. The van der Waals surface area contributed by atoms with E-state index >= 15 is 0 Å². The Morgan fingerprint density at radius 2 is 2.08 bits per heavy atom. The molecule has 2 amide bonds. The Bertz CT molecular complexity index is 682. The minimum Gasteiger partial charge on any atom is -0.443 e. The highest BCUT2D eigenvalue weighted by Crippen LogP contribution is 2.29. The molecule has 0 aromatic heterocycles. The number of rotatable bonds is 4. The Morgan fingerprint density at radius 1 is 1.42 bits per heavy atom. The highest BCUT2D eigenvalue weighted by Gasteiger charge is 2.35. The number of methoxy groups -OCH3 is 1. The van der Waals surface area contributed by atoms with E-state index < -0.39 is 33.9 Å². The van der Waals surface area contributed by atoms with Crippen LogP contribution in [0.3, 0.4) is 0 Å². The van der Waals surface area contributed by atoms with Gasteiger partial charge in [-0.1, -0.05) is 12.1 Å². The summed E-state index contributed by atoms with van der Waals surface area (Å²) in [6.45, 7) is 5.33. The summed E-state index contributed by atoms with van der Waals surface area (Å²) < 4.78 is 31.1. The van der Waals surface area contributed by atoms with E-state index in [1.54, 1.807) is 39.0 Å². The third-order valence-electron chi connectivity index (χ3n) is 3.48. The molecule has 8 heteroatoms. The van der Waals surface area contributed by atoms with Gasteiger partial charge in [-0.3, -0.25) is 4.79 Å². The zero-order valence-corrected chi connectivity index (χ0v) is 14.9. The number of carbonyl (C=O) groups is 2. The number of benzene rings is 1. The molecule has 0 aliphatic carbocycles. The van der Waals surface area contributed by atoms with Gasteiger partial charge in [0.1, 0.15) is 10.9 Å². The van der Waals surface area contributed by atoms with Crippen LogP contribution in [0.2, 0.25) is 0 Å². The summed E-state index contributed by atoms with van der Waals surface area (Å²) in [6.07, 6.45) is -0.704. The van der Waals surface area contributed by atoms with Crippen molar-refractivity contribution >= 4 is 23.1 Å². The maximum Gasteiger partial charge on any atom is 0.417 e. The third kappa shape index (κ3) is 4.00. The van der Waals surface area contributed by atoms with Gasteiger partial charge in [0, 0.05) is 12.7 Å². The Balaban J connectivity index is 2.25. The summed E-state index contributed by atoms with van der Waals surface area (Å²) in [6, 6.07) is 4.83. The Kier molecular flexibility index (Phi) is 5.42. The van der Waals surface area contributed by atoms with Gasteiger partial charge < -0.3 is 14.0 Å². The molecule has 0 radical (unpaired) electrons. The van der Waals surface area contributed by atoms with Crippen LogP contribution in [-0.2, 0) is 27.1 Å². The van der Waals surface area contributed by atoms with Gasteiger partial charge >= 0.3 is 6.09 Å². The van der Waals surface area contributed by atoms with Gasteiger partial charge in [-0.05, 0) is 38.0 Å². The molecule has 1 aromatic rings. The minimum atomic E-state index is -2.11. The second-order valence-electron chi connectivity index (χ2n) is 6.51. The molecule has 2 rings (SSSR count). The van der Waals surface area contributed by atoms with E-state index in [0.29, 0.717) is 16.7 Å². The maximum atomic E-state index is 12.4. The Morgan fingerprint density at radius 3 is 2.62 bits per heavy atom. The van der Waals surface area contributed by atoms with Crippen LogP contribution in [0.15, 0.2) is 18.2 Å². The number of imide groups is 1. The van der Waals surface area contributed by atoms with E-state index in [-0.39, 0.29) is 13.2 Å². The van der Waals surface area contributed by atoms with Crippen LogP contribution in [0.1, 0.15) is 47.5 Å². The first-order valence-electron chi connectivity index (χ1n) is 7.40. The quantitative estimate of drug-likeness (QED) is 0.834. The summed E-state index contributed by atoms with van der Waals surface area (Å²) in [5.74, 6) is -0.431. The fourth-order valence-electron chi connectivity index (χ4n) is 2.43. The number of ether oxygens (including phenoxy) is 2. The zero-order valence-electron chi connectivity index (χ0n) is 14.1. The van der Waals surface area contributed by atoms with Gasteiger partial charge in [-0.25, -0.2) is 13.9 Å². The second-order valence-corrected chi connectivity index (χ2v) is 7.63. The lowest BCUT2D eigenvalue weighted by Gasteiger charge is -2.23. The van der Waals surface area contributed by atoms with Crippen molar-refractivity contribution in [3.05, 3.63) is 34.9 Å². The molecule has 0 fully saturated rings. The van der Waals surface area contributed by atoms with Gasteiger partial charge in [0.15, 0.2) is 11.1 Å². The molecule has 1 aromatic carbocycles. The lowest BCUT2D eigenvalue weighted by Crippen LogP contribution is -2.36. The molecule has 7 nitrogen and oxygen atoms in total. The molecule has 2 unspecified atom stereocenters. The molecule has 0 bridgehead atoms. The molecule has 0 spiro atoms. The fraction of sp³-hybridized carbons (Fsp3) is 0.500. The van der Waals surface area contributed by atoms with Crippen LogP contribution >= 0.6 is 0 Å². The number of hydrogen-bond acceptors (Lipinski definition) is 5. The largest absolute Gasteiger partial charge is 0.443 e. The summed E-state index contributed by atoms with van der Waals surface area (Å²) in [5, 5.41) is -0.717. The van der Waals surface area contributed by atoms with E-state index in [4.69, 9.17) is 9.47 Å². The Hall–Kier alpha value is -1.77. The van der Waals surface area contributed by atoms with Gasteiger partial charge in [-0.15, -0.1) is 0 Å². The fourth-order valence-corrected chi connectivity index (χ4v) is 3.06. The maximum absolute atomic E-state index is 12.4. The van der Waals surface area contributed by atoms with Crippen molar-refractivity contribution in [3.8, 4) is 0 Å². The third-order valence-corrected chi connectivity index (χ3v) is 4.38. The first-order chi connectivity index (χ1) is 11.1. The summed E-state index contributed by atoms with van der Waals surface area (Å²) in [4.78, 5) is 25.5. The summed E-state index contributed by atoms with van der Waals surface area (Å²) >= 11 is -2.11. The van der Waals surface area contributed by atoms with Gasteiger partial charge in [0.2, 0.25) is 0 Å². The minimum absolute atomic E-state index is 0.0750. The predicted molar refractivity (Wildman–Crippen MR) is 87.9 cm³/mol. The first kappa shape index (κ1) is 18.6. The topological polar surface area (TPSA) is 93.1 Å². The number of nitrogens with zero attached hydrogens (tertiary/aromatic N) is 1. The standard InChI is InChI=1S/C16H21NO6S/c1-16(2,3)23-15(19)17-8-11-7-10(5-6-12(11)14(17)18)13(9-22-4)24(20)21/h5-7,13H,8-9H2,1-4H3,(H,20,21). The second kappa shape index (κ2) is 7.00. The molecule has 132 valence electrons. The summed E-state index contributed by atoms with van der Waals surface area (Å²) in [7, 11) is 1.45. The number of hydrogen-bond donors (Lipinski definition) is 1. The first-order valence-corrected chi connectivity index (χ1v) is 8.57. The molecular formula is C16H21NO6S. The number of amides is 2. The van der Waals surface area contributed by atoms with Crippen LogP contribution in [-0.4, -0.2) is 45.0 Å². The molecule has 0 saturated heterocycles. The molecule has 24 heavy (non-hydrogen) atoms. The molecule has 1 heterocycles. The van der Waals surface area contributed by atoms with E-state index in [9.17, 15) is 18.4 Å². The number of carbonyl (C=O) groups excluding carboxylic acids is 2. The monoisotopic (exact) mass is 355 g/mol. The van der Waals surface area contributed by atoms with Gasteiger partial charge in [0.25, 0.3) is 5.91 Å². The SMILES string of the molecule is COCC(c1ccc2c(c1)CN(C(=O)OC(C)(C)C)C2=O)S(=O)O. The molecule has 1 aliphatic heterocycles. The highest BCUT2D eigenvalue weighted by atomic mass is 32.2. The van der Waals surface area contributed by atoms with Crippen LogP contribution < -0.4 is 0 Å². The molecule has 1 aliphatic rings. The van der Waals surface area contributed by atoms with Crippen LogP contribution in [0.25, 0.3) is 0 Å². The average Bonchev–Trinajstić information content (AvgIpc) is 2.79. The number of fused-ring (bicyclic) bond motifs is 1. The predicted octanol–water partition coefficient (Wildman–Crippen LogP) is 2.49. The van der Waals surface area contributed by atoms with Crippen molar-refractivity contribution in [2.45, 2.75) is 38.2 Å². The van der Waals surface area contributed by atoms with Crippen LogP contribution in [0.4, 0.5) is 4.79 Å². The Labute approximate surface area is 143 Å². The lowest BCUT2D eigenvalue weighted by atomic mass is 10.0. The normalized spacial score (nSPS) is 16.7. The van der Waals surface area contributed by atoms with E-state index in [0.717, 1.165) is 4.90 Å². The van der Waals surface area contributed by atoms with E-state index in [1.165, 1.54) is 7.11 Å². The van der Waals surface area contributed by atoms with Gasteiger partial charge in [0.05, 0.1) is 13.2 Å². The van der Waals surface area contributed by atoms with Crippen LogP contribution in [0.5, 0.6) is 0 Å². The highest BCUT2D eigenvalue weighted by molar-refractivity contribution is 7.79. The average molecular weight is 355 g/mol. The van der Waals surface area contributed by atoms with Crippen molar-refractivity contribution in [1.82, 2.24) is 4.90 Å². The molecular weight excluding hydrogens is 334 g/mol. The van der Waals surface area contributed by atoms with Crippen LogP contribution in [0, 0.1) is 0 Å². The van der Waals surface area contributed by atoms with Crippen molar-refractivity contribution in [2.75, 3.05) is 13.7 Å². The van der Waals surface area contributed by atoms with Crippen molar-refractivity contribution in [3.63, 3.8) is 0 Å². The molecule has 1 N–H and O–H groups in total. The molecule has 2 atom stereocenters. The lowest BCUT2D eigenvalue weighted by molar-refractivity contribution is 0.0248. The van der Waals surface area contributed by atoms with Crippen molar-refractivity contribution in [2.24, 2.45) is 0 Å². The van der Waals surface area contributed by atoms with Gasteiger partial charge in [-0.2, -0.15) is 0 Å². The summed E-state index contributed by atoms with van der Waals surface area (Å²) in [5.41, 5.74) is 0.893. The van der Waals surface area contributed by atoms with E-state index in [1.807, 2.05) is 0 Å². The van der Waals surface area contributed by atoms with E-state index in [2.05, 4.69) is 0 Å². The smallest absolute Gasteiger partial charge is 0.417 e. The molecule has 0 saturated carbocycles. The van der Waals surface area contributed by atoms with Crippen molar-refractivity contribution in [1.29, 1.82) is 0 Å².